The van der Waals surface area contributed by atoms with E-state index in [4.69, 9.17) is 42.1 Å². The van der Waals surface area contributed by atoms with Crippen LogP contribution in [0.2, 0.25) is 10.0 Å². The van der Waals surface area contributed by atoms with Crippen molar-refractivity contribution in [3.05, 3.63) is 141 Å². The van der Waals surface area contributed by atoms with Crippen LogP contribution >= 0.6 is 23.2 Å². The molecule has 4 aliphatic heterocycles. The van der Waals surface area contributed by atoms with Crippen molar-refractivity contribution < 1.29 is 51.4 Å². The third-order valence-corrected chi connectivity index (χ3v) is 28.7. The van der Waals surface area contributed by atoms with E-state index in [1.165, 1.54) is 33.6 Å². The monoisotopic (exact) mass is 1340 g/mol. The fourth-order valence-electron chi connectivity index (χ4n) is 16.8. The van der Waals surface area contributed by atoms with Crippen LogP contribution in [0.5, 0.6) is 11.5 Å². The van der Waals surface area contributed by atoms with Gasteiger partial charge in [-0.25, -0.2) is 16.9 Å². The molecule has 4 aromatic carbocycles. The fourth-order valence-corrected chi connectivity index (χ4v) is 20.5. The van der Waals surface area contributed by atoms with E-state index in [9.17, 15) is 32.4 Å². The summed E-state index contributed by atoms with van der Waals surface area (Å²) in [5.74, 6) is 5.43. The summed E-state index contributed by atoms with van der Waals surface area (Å²) >= 11 is 12.9. The molecule has 2 spiro atoms. The zero-order valence-electron chi connectivity index (χ0n) is 55.0. The zero-order chi connectivity index (χ0) is 65.7. The van der Waals surface area contributed by atoms with Gasteiger partial charge in [0.25, 0.3) is 11.8 Å². The van der Waals surface area contributed by atoms with Crippen LogP contribution in [0.15, 0.2) is 97.1 Å². The molecule has 19 heteroatoms. The van der Waals surface area contributed by atoms with Gasteiger partial charge < -0.3 is 39.0 Å². The molecule has 13 atom stereocenters. The normalized spacial score (nSPS) is 34.3. The third-order valence-electron chi connectivity index (χ3n) is 23.2. The van der Waals surface area contributed by atoms with E-state index >= 15 is 0 Å². The van der Waals surface area contributed by atoms with Crippen molar-refractivity contribution in [2.24, 2.45) is 35.5 Å². The lowest BCUT2D eigenvalue weighted by atomic mass is 9.63. The first-order chi connectivity index (χ1) is 43.9. The number of sulfonamides is 1. The van der Waals surface area contributed by atoms with Crippen LogP contribution in [0.4, 0.5) is 11.4 Å². The topological polar surface area (TPSA) is 176 Å². The highest BCUT2D eigenvalue weighted by atomic mass is 35.5. The largest absolute Gasteiger partial charge is 0.490 e. The van der Waals surface area contributed by atoms with Crippen LogP contribution in [0, 0.1) is 35.5 Å². The number of hydrogen-bond acceptors (Lipinski definition) is 13. The molecular weight excluding hydrogens is 1240 g/mol. The Hall–Kier alpha value is -5.11. The summed E-state index contributed by atoms with van der Waals surface area (Å²) < 4.78 is 69.7. The van der Waals surface area contributed by atoms with Crippen molar-refractivity contribution in [1.29, 1.82) is 0 Å². The summed E-state index contributed by atoms with van der Waals surface area (Å²) in [7, 11) is -0.462. The van der Waals surface area contributed by atoms with Gasteiger partial charge in [-0.1, -0.05) is 73.5 Å². The first kappa shape index (κ1) is 68.3. The lowest BCUT2D eigenvalue weighted by Gasteiger charge is -2.50. The van der Waals surface area contributed by atoms with Crippen LogP contribution in [0.1, 0.15) is 148 Å². The molecular formula is C73H96Cl2N4O11S2. The number of aliphatic hydroxyl groups is 2. The number of anilines is 2. The standard InChI is InChI=1S/C37H49ClN2O5S.C36H47ClN2O6S/c1-25-8-6-17-37(44-4,18-19-41)32-13-10-29(32)22-40-23-36(16-7-9-27-20-30(38)12-14-31(27)36)24-45-34-15-11-28(21-33(34)40)35(42)39(3)46(5,43)26(25)2;1-24-7-5-16-36(44-4,17-18-40)31-12-9-28(31)21-39-22-35(15-6-8-26-19-29(37)11-13-30(26)35)23-45-33-14-10-27(20-32(33)39)34(41)38(3)46(42,43)25(24)2/h6,11-12,14-15,17,20-21,25-26,29,32,41H,5,7-10,13,16,18-19,22-24H2,1-4H3;5,10-11,13-14,16,19-20,24-25,28,31,40H,6-9,12,15,17-18,21-23H2,1-4H3/b17-6+;16-5+/t25-,26+,29-,32+,36-,37+,46?;24-,25+,28-,31+,35-,36-/m00/s1. The third kappa shape index (κ3) is 12.7. The molecule has 500 valence electrons. The van der Waals surface area contributed by atoms with Crippen LogP contribution in [0.3, 0.4) is 0 Å². The number of aryl methyl sites for hydroxylation is 2. The first-order valence-electron chi connectivity index (χ1n) is 33.3. The van der Waals surface area contributed by atoms with Gasteiger partial charge in [0.05, 0.1) is 50.7 Å². The summed E-state index contributed by atoms with van der Waals surface area (Å²) in [6.07, 6.45) is 20.5. The molecule has 4 heterocycles. The summed E-state index contributed by atoms with van der Waals surface area (Å²) in [5, 5.41) is 20.8. The Kier molecular flexibility index (Phi) is 20.2. The Morgan fingerprint density at radius 3 is 1.46 bits per heavy atom. The second-order valence-corrected chi connectivity index (χ2v) is 34.0. The molecule has 12 rings (SSSR count). The molecule has 2 saturated carbocycles. The van der Waals surface area contributed by atoms with E-state index in [0.29, 0.717) is 68.2 Å². The predicted octanol–water partition coefficient (Wildman–Crippen LogP) is 12.3. The van der Waals surface area contributed by atoms with Gasteiger partial charge in [0, 0.05) is 118 Å². The first-order valence-corrected chi connectivity index (χ1v) is 37.3. The molecule has 15 nitrogen and oxygen atoms in total. The number of carbonyl (C=O) groups is 2. The molecule has 2 N–H and O–H groups in total. The quantitative estimate of drug-likeness (QED) is 0.138. The highest BCUT2D eigenvalue weighted by Crippen LogP contribution is 2.53. The fraction of sp³-hybridized carbons (Fsp3) is 0.575. The predicted molar refractivity (Wildman–Crippen MR) is 369 cm³/mol. The Morgan fingerprint density at radius 1 is 0.609 bits per heavy atom. The number of hydrogen-bond donors (Lipinski definition) is 2. The zero-order valence-corrected chi connectivity index (χ0v) is 58.2. The summed E-state index contributed by atoms with van der Waals surface area (Å²) in [6, 6.07) is 23.4. The van der Waals surface area contributed by atoms with Crippen LogP contribution < -0.4 is 19.3 Å². The average Bonchev–Trinajstić information content (AvgIpc) is 1.42. The summed E-state index contributed by atoms with van der Waals surface area (Å²) in [5.41, 5.74) is 5.76. The minimum Gasteiger partial charge on any atom is -0.490 e. The van der Waals surface area contributed by atoms with E-state index in [1.54, 1.807) is 40.3 Å². The van der Waals surface area contributed by atoms with Crippen molar-refractivity contribution >= 4 is 72.0 Å². The summed E-state index contributed by atoms with van der Waals surface area (Å²) in [4.78, 5) is 32.6. The molecule has 92 heavy (non-hydrogen) atoms. The van der Waals surface area contributed by atoms with Gasteiger partial charge >= 0.3 is 0 Å². The molecule has 4 bridgehead atoms. The number of carbonyl (C=O) groups excluding carboxylic acids is 2. The Balaban J connectivity index is 0.000000188. The second kappa shape index (κ2) is 27.2. The molecule has 1 unspecified atom stereocenters. The van der Waals surface area contributed by atoms with Gasteiger partial charge in [-0.2, -0.15) is 0 Å². The molecule has 0 saturated heterocycles. The minimum absolute atomic E-state index is 0.00524. The number of benzene rings is 4. The van der Waals surface area contributed by atoms with Gasteiger partial charge in [0.1, 0.15) is 11.5 Å². The second-order valence-electron chi connectivity index (χ2n) is 28.2. The number of ether oxygens (including phenoxy) is 4. The van der Waals surface area contributed by atoms with Crippen molar-refractivity contribution in [1.82, 2.24) is 8.61 Å². The molecule has 8 aliphatic rings. The molecule has 4 aliphatic carbocycles. The van der Waals surface area contributed by atoms with E-state index < -0.39 is 42.1 Å². The van der Waals surface area contributed by atoms with Gasteiger partial charge in [-0.3, -0.25) is 13.9 Å². The van der Waals surface area contributed by atoms with Crippen LogP contribution in [-0.2, 0) is 52.9 Å². The van der Waals surface area contributed by atoms with Crippen molar-refractivity contribution in [3.8, 4) is 11.5 Å². The maximum absolute atomic E-state index is 14.2. The molecule has 2 amide bonds. The number of allylic oxidation sites excluding steroid dienone is 2. The van der Waals surface area contributed by atoms with Gasteiger partial charge in [-0.05, 0) is 215 Å². The highest BCUT2D eigenvalue weighted by molar-refractivity contribution is 7.99. The maximum Gasteiger partial charge on any atom is 0.267 e. The molecule has 4 aromatic rings. The van der Waals surface area contributed by atoms with E-state index in [-0.39, 0.29) is 64.8 Å². The number of halogens is 2. The van der Waals surface area contributed by atoms with Gasteiger partial charge in [0.2, 0.25) is 10.0 Å². The Labute approximate surface area is 557 Å². The van der Waals surface area contributed by atoms with E-state index in [0.717, 1.165) is 115 Å². The molecule has 2 fully saturated rings. The van der Waals surface area contributed by atoms with Crippen LogP contribution in [-0.4, -0.2) is 152 Å². The minimum atomic E-state index is -3.95. The smallest absolute Gasteiger partial charge is 0.267 e. The number of methoxy groups -OCH3 is 2. The van der Waals surface area contributed by atoms with Crippen molar-refractivity contribution in [3.63, 3.8) is 0 Å². The number of aliphatic hydroxyl groups excluding tert-OH is 2. The number of amides is 2. The highest BCUT2D eigenvalue weighted by Gasteiger charge is 2.51. The van der Waals surface area contributed by atoms with E-state index in [1.807, 2.05) is 56.3 Å². The van der Waals surface area contributed by atoms with E-state index in [2.05, 4.69) is 65.1 Å². The average molecular weight is 1340 g/mol. The molecule has 0 radical (unpaired) electrons. The Morgan fingerprint density at radius 2 is 1.04 bits per heavy atom. The van der Waals surface area contributed by atoms with Gasteiger partial charge in [0.15, 0.2) is 0 Å². The van der Waals surface area contributed by atoms with Crippen molar-refractivity contribution in [2.45, 2.75) is 150 Å². The lowest BCUT2D eigenvalue weighted by molar-refractivity contribution is -0.0865. The van der Waals surface area contributed by atoms with Gasteiger partial charge in [-0.15, -0.1) is 0 Å². The SMILES string of the molecule is C=S1(=O)[C@H](C)[C@@H](C)C/C=C/[C@](CCO)(OC)[C@@H]2CC[C@H]2CN2C[C@@]3(CCCc4cc(Cl)ccc43)COc3ccc(cc32)C(=O)N1C.CO[C@]1(CCO)/C=C/C[C@H](C)[C@@H](C)S(=O)(=O)N(C)C(=O)c2ccc3c(c2)N(C[C@@H]2CC[C@H]21)C[C@@]1(CCCc2cc(Cl)ccc21)CO3. The number of rotatable bonds is 6. The number of nitrogens with zero attached hydrogens (tertiary/aromatic N) is 4. The summed E-state index contributed by atoms with van der Waals surface area (Å²) in [6.45, 7) is 11.5. The lowest BCUT2D eigenvalue weighted by Crippen LogP contribution is -2.53. The van der Waals surface area contributed by atoms with Crippen LogP contribution in [0.25, 0.3) is 0 Å². The maximum atomic E-state index is 14.2. The Bertz CT molecular complexity index is 3460. The molecule has 0 aromatic heterocycles. The number of fused-ring (bicyclic) bond motifs is 8. The van der Waals surface area contributed by atoms with Crippen molar-refractivity contribution in [2.75, 3.05) is 90.7 Å².